The molecule has 0 N–H and O–H groups in total. The highest BCUT2D eigenvalue weighted by Gasteiger charge is 2.15. The zero-order chi connectivity index (χ0) is 18.0. The van der Waals surface area contributed by atoms with Crippen LogP contribution in [0.3, 0.4) is 0 Å². The SMILES string of the molecule is Cc1cc(Sc2nnnn2CCN(C)C)n2nc(SC(C)C)nc2n1. The molecule has 3 aromatic heterocycles. The number of likely N-dealkylation sites (N-methyl/N-ethyl adjacent to an activating group) is 1. The Morgan fingerprint density at radius 1 is 1.24 bits per heavy atom. The molecule has 0 aliphatic rings. The average Bonchev–Trinajstić information content (AvgIpc) is 3.10. The van der Waals surface area contributed by atoms with Gasteiger partial charge in [0.2, 0.25) is 10.3 Å². The van der Waals surface area contributed by atoms with E-state index >= 15 is 0 Å². The van der Waals surface area contributed by atoms with Crippen LogP contribution in [0.25, 0.3) is 5.78 Å². The molecule has 134 valence electrons. The number of aromatic nitrogens is 8. The van der Waals surface area contributed by atoms with E-state index in [0.29, 0.717) is 11.0 Å². The van der Waals surface area contributed by atoms with Crippen molar-refractivity contribution in [3.8, 4) is 0 Å². The number of hydrogen-bond acceptors (Lipinski definition) is 9. The molecule has 3 heterocycles. The van der Waals surface area contributed by atoms with E-state index in [1.54, 1.807) is 21.0 Å². The van der Waals surface area contributed by atoms with Crippen LogP contribution >= 0.6 is 23.5 Å². The summed E-state index contributed by atoms with van der Waals surface area (Å²) in [5.74, 6) is 0.595. The van der Waals surface area contributed by atoms with E-state index in [9.17, 15) is 0 Å². The van der Waals surface area contributed by atoms with Gasteiger partial charge in [-0.25, -0.2) is 9.67 Å². The van der Waals surface area contributed by atoms with Crippen LogP contribution in [-0.2, 0) is 6.54 Å². The highest BCUT2D eigenvalue weighted by Crippen LogP contribution is 2.27. The van der Waals surface area contributed by atoms with E-state index < -0.39 is 0 Å². The first kappa shape index (κ1) is 18.1. The number of hydrogen-bond donors (Lipinski definition) is 0. The van der Waals surface area contributed by atoms with Crippen LogP contribution in [0, 0.1) is 6.92 Å². The van der Waals surface area contributed by atoms with Gasteiger partial charge < -0.3 is 4.90 Å². The van der Waals surface area contributed by atoms with E-state index in [4.69, 9.17) is 0 Å². The molecular weight excluding hydrogens is 358 g/mol. The minimum Gasteiger partial charge on any atom is -0.308 e. The minimum atomic E-state index is 0.410. The molecule has 25 heavy (non-hydrogen) atoms. The van der Waals surface area contributed by atoms with Crippen LogP contribution in [0.1, 0.15) is 19.5 Å². The smallest absolute Gasteiger partial charge is 0.254 e. The van der Waals surface area contributed by atoms with Crippen LogP contribution in [-0.4, -0.2) is 70.6 Å². The van der Waals surface area contributed by atoms with Gasteiger partial charge in [0.1, 0.15) is 5.03 Å². The zero-order valence-corrected chi connectivity index (χ0v) is 16.5. The zero-order valence-electron chi connectivity index (χ0n) is 14.9. The summed E-state index contributed by atoms with van der Waals surface area (Å²) in [5.41, 5.74) is 0.885. The second-order valence-corrected chi connectivity index (χ2v) is 8.63. The van der Waals surface area contributed by atoms with Crippen molar-refractivity contribution in [1.82, 2.24) is 44.7 Å². The number of rotatable bonds is 7. The van der Waals surface area contributed by atoms with Crippen molar-refractivity contribution >= 4 is 29.3 Å². The Hall–Kier alpha value is -1.72. The molecule has 0 aromatic carbocycles. The molecule has 0 atom stereocenters. The van der Waals surface area contributed by atoms with Crippen LogP contribution in [0.15, 0.2) is 21.4 Å². The summed E-state index contributed by atoms with van der Waals surface area (Å²) in [6.45, 7) is 7.76. The van der Waals surface area contributed by atoms with Crippen LogP contribution in [0.5, 0.6) is 0 Å². The first-order valence-electron chi connectivity index (χ1n) is 7.92. The molecule has 0 bridgehead atoms. The van der Waals surface area contributed by atoms with Crippen molar-refractivity contribution in [3.05, 3.63) is 11.8 Å². The monoisotopic (exact) mass is 379 g/mol. The molecule has 0 saturated carbocycles. The predicted octanol–water partition coefficient (Wildman–Crippen LogP) is 1.63. The van der Waals surface area contributed by atoms with Gasteiger partial charge in [0.15, 0.2) is 0 Å². The standard InChI is InChI=1S/C14H21N9S2/c1-9(2)24-13-16-12-15-10(3)8-11(23(12)18-13)25-14-17-19-20-22(14)7-6-21(4)5/h8-9H,6-7H2,1-5H3. The molecule has 0 spiro atoms. The van der Waals surface area contributed by atoms with Gasteiger partial charge in [-0.1, -0.05) is 25.6 Å². The Morgan fingerprint density at radius 3 is 2.76 bits per heavy atom. The molecule has 3 aromatic rings. The normalized spacial score (nSPS) is 12.0. The molecule has 0 radical (unpaired) electrons. The Kier molecular flexibility index (Phi) is 5.54. The van der Waals surface area contributed by atoms with Crippen LogP contribution in [0.2, 0.25) is 0 Å². The van der Waals surface area contributed by atoms with E-state index in [0.717, 1.165) is 34.1 Å². The molecule has 0 fully saturated rings. The quantitative estimate of drug-likeness (QED) is 0.449. The summed E-state index contributed by atoms with van der Waals surface area (Å²) < 4.78 is 3.56. The van der Waals surface area contributed by atoms with Crippen molar-refractivity contribution in [2.75, 3.05) is 20.6 Å². The van der Waals surface area contributed by atoms with Crippen molar-refractivity contribution in [3.63, 3.8) is 0 Å². The third-order valence-electron chi connectivity index (χ3n) is 3.18. The number of tetrazole rings is 1. The van der Waals surface area contributed by atoms with Gasteiger partial charge in [-0.2, -0.15) is 9.50 Å². The second-order valence-electron chi connectivity index (χ2n) is 6.10. The van der Waals surface area contributed by atoms with Gasteiger partial charge in [0, 0.05) is 17.5 Å². The van der Waals surface area contributed by atoms with Gasteiger partial charge in [-0.3, -0.25) is 0 Å². The predicted molar refractivity (Wildman–Crippen MR) is 97.0 cm³/mol. The topological polar surface area (TPSA) is 89.9 Å². The first-order chi connectivity index (χ1) is 11.9. The Bertz CT molecular complexity index is 855. The summed E-state index contributed by atoms with van der Waals surface area (Å²) in [6, 6.07) is 1.97. The fraction of sp³-hybridized carbons (Fsp3) is 0.571. The lowest BCUT2D eigenvalue weighted by atomic mass is 10.5. The maximum atomic E-state index is 4.58. The van der Waals surface area contributed by atoms with Crippen molar-refractivity contribution in [2.24, 2.45) is 0 Å². The van der Waals surface area contributed by atoms with E-state index in [2.05, 4.69) is 49.3 Å². The number of thioether (sulfide) groups is 1. The summed E-state index contributed by atoms with van der Waals surface area (Å²) in [5, 5.41) is 19.3. The summed E-state index contributed by atoms with van der Waals surface area (Å²) >= 11 is 3.09. The fourth-order valence-electron chi connectivity index (χ4n) is 2.07. The third-order valence-corrected chi connectivity index (χ3v) is 5.01. The van der Waals surface area contributed by atoms with E-state index in [1.807, 2.05) is 27.1 Å². The molecule has 9 nitrogen and oxygen atoms in total. The summed E-state index contributed by atoms with van der Waals surface area (Å²) in [6.07, 6.45) is 0. The molecule has 3 rings (SSSR count). The molecule has 0 amide bonds. The van der Waals surface area contributed by atoms with E-state index in [-0.39, 0.29) is 0 Å². The van der Waals surface area contributed by atoms with Crippen molar-refractivity contribution < 1.29 is 0 Å². The molecule has 0 aliphatic carbocycles. The third kappa shape index (κ3) is 4.47. The van der Waals surface area contributed by atoms with Crippen molar-refractivity contribution in [2.45, 2.75) is 47.9 Å². The van der Waals surface area contributed by atoms with E-state index in [1.165, 1.54) is 11.8 Å². The maximum Gasteiger partial charge on any atom is 0.254 e. The lowest BCUT2D eigenvalue weighted by Gasteiger charge is -2.10. The maximum absolute atomic E-state index is 4.58. The van der Waals surface area contributed by atoms with Gasteiger partial charge >= 0.3 is 0 Å². The summed E-state index contributed by atoms with van der Waals surface area (Å²) in [4.78, 5) is 11.1. The van der Waals surface area contributed by atoms with Crippen LogP contribution < -0.4 is 0 Å². The molecule has 0 unspecified atom stereocenters. The van der Waals surface area contributed by atoms with Crippen molar-refractivity contribution in [1.29, 1.82) is 0 Å². The minimum absolute atomic E-state index is 0.410. The Labute approximate surface area is 154 Å². The molecule has 0 saturated heterocycles. The molecule has 11 heteroatoms. The largest absolute Gasteiger partial charge is 0.308 e. The van der Waals surface area contributed by atoms with Gasteiger partial charge in [-0.05, 0) is 49.3 Å². The number of fused-ring (bicyclic) bond motifs is 1. The van der Waals surface area contributed by atoms with Gasteiger partial charge in [0.25, 0.3) is 5.78 Å². The van der Waals surface area contributed by atoms with Crippen LogP contribution in [0.4, 0.5) is 0 Å². The molecule has 0 aliphatic heterocycles. The Balaban J connectivity index is 1.91. The highest BCUT2D eigenvalue weighted by molar-refractivity contribution is 7.99. The average molecular weight is 380 g/mol. The molecular formula is C14H21N9S2. The lowest BCUT2D eigenvalue weighted by molar-refractivity contribution is 0.361. The Morgan fingerprint density at radius 2 is 2.04 bits per heavy atom. The number of aryl methyl sites for hydroxylation is 1. The first-order valence-corrected chi connectivity index (χ1v) is 9.62. The number of nitrogens with zero attached hydrogens (tertiary/aromatic N) is 9. The lowest BCUT2D eigenvalue weighted by Crippen LogP contribution is -2.19. The fourth-order valence-corrected chi connectivity index (χ4v) is 3.69. The summed E-state index contributed by atoms with van der Waals surface area (Å²) in [7, 11) is 4.05. The van der Waals surface area contributed by atoms with Gasteiger partial charge in [0.05, 0.1) is 6.54 Å². The second kappa shape index (κ2) is 7.67. The van der Waals surface area contributed by atoms with Gasteiger partial charge in [-0.15, -0.1) is 10.2 Å². The highest BCUT2D eigenvalue weighted by atomic mass is 32.2.